The van der Waals surface area contributed by atoms with E-state index in [1.165, 1.54) is 0 Å². The van der Waals surface area contributed by atoms with Crippen molar-refractivity contribution in [3.05, 3.63) is 24.3 Å². The minimum Gasteiger partial charge on any atom is -0.497 e. The molecule has 1 aromatic carbocycles. The summed E-state index contributed by atoms with van der Waals surface area (Å²) >= 11 is 0. The molecule has 0 radical (unpaired) electrons. The van der Waals surface area contributed by atoms with Gasteiger partial charge in [0.15, 0.2) is 0 Å². The molecule has 0 fully saturated rings. The summed E-state index contributed by atoms with van der Waals surface area (Å²) in [7, 11) is 1.69. The van der Waals surface area contributed by atoms with Crippen LogP contribution in [0.5, 0.6) is 5.75 Å². The fourth-order valence-corrected chi connectivity index (χ4v) is 1.44. The SMILES string of the molecule is CCC(CC)Nc1cccc(OC)c1. The smallest absolute Gasteiger partial charge is 0.120 e. The molecule has 0 unspecified atom stereocenters. The van der Waals surface area contributed by atoms with E-state index in [1.807, 2.05) is 18.2 Å². The largest absolute Gasteiger partial charge is 0.497 e. The van der Waals surface area contributed by atoms with E-state index >= 15 is 0 Å². The molecule has 78 valence electrons. The first-order valence-electron chi connectivity index (χ1n) is 5.20. The molecule has 0 aliphatic rings. The fourth-order valence-electron chi connectivity index (χ4n) is 1.44. The second-order valence-corrected chi connectivity index (χ2v) is 3.39. The lowest BCUT2D eigenvalue weighted by atomic mass is 10.1. The van der Waals surface area contributed by atoms with Crippen molar-refractivity contribution >= 4 is 5.69 Å². The molecule has 0 saturated heterocycles. The fraction of sp³-hybridized carbons (Fsp3) is 0.500. The molecule has 2 nitrogen and oxygen atoms in total. The van der Waals surface area contributed by atoms with Gasteiger partial charge in [-0.2, -0.15) is 0 Å². The van der Waals surface area contributed by atoms with Gasteiger partial charge in [-0.25, -0.2) is 0 Å². The molecular formula is C12H19NO. The van der Waals surface area contributed by atoms with E-state index in [0.29, 0.717) is 6.04 Å². The predicted octanol–water partition coefficient (Wildman–Crippen LogP) is 3.30. The molecule has 0 saturated carbocycles. The molecule has 1 rings (SSSR count). The van der Waals surface area contributed by atoms with Crippen molar-refractivity contribution < 1.29 is 4.74 Å². The van der Waals surface area contributed by atoms with E-state index in [0.717, 1.165) is 24.3 Å². The first-order chi connectivity index (χ1) is 6.80. The van der Waals surface area contributed by atoms with E-state index < -0.39 is 0 Å². The van der Waals surface area contributed by atoms with Crippen molar-refractivity contribution in [1.29, 1.82) is 0 Å². The number of nitrogens with one attached hydrogen (secondary N) is 1. The molecule has 0 heterocycles. The first-order valence-corrected chi connectivity index (χ1v) is 5.20. The van der Waals surface area contributed by atoms with Gasteiger partial charge in [-0.05, 0) is 25.0 Å². The van der Waals surface area contributed by atoms with Gasteiger partial charge in [0.05, 0.1) is 7.11 Å². The van der Waals surface area contributed by atoms with Gasteiger partial charge in [0.25, 0.3) is 0 Å². The van der Waals surface area contributed by atoms with Crippen LogP contribution in [0.1, 0.15) is 26.7 Å². The Morgan fingerprint density at radius 3 is 2.57 bits per heavy atom. The van der Waals surface area contributed by atoms with Gasteiger partial charge in [-0.15, -0.1) is 0 Å². The third-order valence-electron chi connectivity index (χ3n) is 2.43. The molecule has 0 bridgehead atoms. The zero-order valence-corrected chi connectivity index (χ0v) is 9.21. The Labute approximate surface area is 86.3 Å². The molecule has 2 heteroatoms. The quantitative estimate of drug-likeness (QED) is 0.774. The molecular weight excluding hydrogens is 174 g/mol. The summed E-state index contributed by atoms with van der Waals surface area (Å²) in [5, 5.41) is 3.47. The maximum absolute atomic E-state index is 5.16. The van der Waals surface area contributed by atoms with E-state index in [2.05, 4.69) is 25.2 Å². The molecule has 0 spiro atoms. The van der Waals surface area contributed by atoms with Crippen LogP contribution in [0.2, 0.25) is 0 Å². The van der Waals surface area contributed by atoms with Crippen molar-refractivity contribution in [1.82, 2.24) is 0 Å². The lowest BCUT2D eigenvalue weighted by Crippen LogP contribution is -2.16. The molecule has 14 heavy (non-hydrogen) atoms. The number of ether oxygens (including phenoxy) is 1. The highest BCUT2D eigenvalue weighted by atomic mass is 16.5. The topological polar surface area (TPSA) is 21.3 Å². The minimum absolute atomic E-state index is 0.558. The standard InChI is InChI=1S/C12H19NO/c1-4-10(5-2)13-11-7-6-8-12(9-11)14-3/h6-10,13H,4-5H2,1-3H3. The predicted molar refractivity (Wildman–Crippen MR) is 61.0 cm³/mol. The Morgan fingerprint density at radius 2 is 2.00 bits per heavy atom. The molecule has 0 amide bonds. The van der Waals surface area contributed by atoms with Gasteiger partial charge in [-0.1, -0.05) is 19.9 Å². The molecule has 0 aromatic heterocycles. The molecule has 1 aromatic rings. The number of hydrogen-bond donors (Lipinski definition) is 1. The molecule has 1 N–H and O–H groups in total. The normalized spacial score (nSPS) is 10.3. The maximum atomic E-state index is 5.16. The second-order valence-electron chi connectivity index (χ2n) is 3.39. The van der Waals surface area contributed by atoms with E-state index in [4.69, 9.17) is 4.74 Å². The maximum Gasteiger partial charge on any atom is 0.120 e. The van der Waals surface area contributed by atoms with Crippen LogP contribution in [0.25, 0.3) is 0 Å². The zero-order chi connectivity index (χ0) is 10.4. The Balaban J connectivity index is 2.65. The van der Waals surface area contributed by atoms with Crippen molar-refractivity contribution in [3.63, 3.8) is 0 Å². The molecule has 0 aliphatic carbocycles. The summed E-state index contributed by atoms with van der Waals surface area (Å²) in [6.45, 7) is 4.39. The number of benzene rings is 1. The lowest BCUT2D eigenvalue weighted by molar-refractivity contribution is 0.415. The van der Waals surface area contributed by atoms with Crippen LogP contribution in [-0.2, 0) is 0 Å². The summed E-state index contributed by atoms with van der Waals surface area (Å²) < 4.78 is 5.16. The summed E-state index contributed by atoms with van der Waals surface area (Å²) in [6, 6.07) is 8.61. The average Bonchev–Trinajstić information content (AvgIpc) is 2.26. The van der Waals surface area contributed by atoms with Gasteiger partial charge >= 0.3 is 0 Å². The van der Waals surface area contributed by atoms with Gasteiger partial charge in [0.1, 0.15) is 5.75 Å². The van der Waals surface area contributed by atoms with Gasteiger partial charge in [-0.3, -0.25) is 0 Å². The van der Waals surface area contributed by atoms with Gasteiger partial charge in [0, 0.05) is 17.8 Å². The van der Waals surface area contributed by atoms with Gasteiger partial charge in [0.2, 0.25) is 0 Å². The highest BCUT2D eigenvalue weighted by Crippen LogP contribution is 2.18. The van der Waals surface area contributed by atoms with Gasteiger partial charge < -0.3 is 10.1 Å². The van der Waals surface area contributed by atoms with Crippen LogP contribution >= 0.6 is 0 Å². The Kier molecular flexibility index (Phi) is 4.30. The number of hydrogen-bond acceptors (Lipinski definition) is 2. The number of rotatable bonds is 5. The van der Waals surface area contributed by atoms with Crippen molar-refractivity contribution in [2.24, 2.45) is 0 Å². The average molecular weight is 193 g/mol. The highest BCUT2D eigenvalue weighted by molar-refractivity contribution is 5.48. The molecule has 0 aliphatic heterocycles. The highest BCUT2D eigenvalue weighted by Gasteiger charge is 2.02. The van der Waals surface area contributed by atoms with E-state index in [9.17, 15) is 0 Å². The Hall–Kier alpha value is -1.18. The summed E-state index contributed by atoms with van der Waals surface area (Å²) in [4.78, 5) is 0. The Morgan fingerprint density at radius 1 is 1.29 bits per heavy atom. The van der Waals surface area contributed by atoms with Crippen LogP contribution < -0.4 is 10.1 Å². The van der Waals surface area contributed by atoms with E-state index in [1.54, 1.807) is 7.11 Å². The van der Waals surface area contributed by atoms with Crippen molar-refractivity contribution in [3.8, 4) is 5.75 Å². The van der Waals surface area contributed by atoms with Crippen LogP contribution in [-0.4, -0.2) is 13.2 Å². The lowest BCUT2D eigenvalue weighted by Gasteiger charge is -2.16. The molecule has 0 atom stereocenters. The van der Waals surface area contributed by atoms with E-state index in [-0.39, 0.29) is 0 Å². The van der Waals surface area contributed by atoms with Crippen LogP contribution in [0, 0.1) is 0 Å². The first kappa shape index (κ1) is 10.9. The third kappa shape index (κ3) is 2.95. The number of methoxy groups -OCH3 is 1. The van der Waals surface area contributed by atoms with Crippen molar-refractivity contribution in [2.75, 3.05) is 12.4 Å². The summed E-state index contributed by atoms with van der Waals surface area (Å²) in [5.41, 5.74) is 1.14. The van der Waals surface area contributed by atoms with Crippen LogP contribution in [0.15, 0.2) is 24.3 Å². The minimum atomic E-state index is 0.558. The Bertz CT molecular complexity index is 269. The zero-order valence-electron chi connectivity index (χ0n) is 9.21. The number of anilines is 1. The van der Waals surface area contributed by atoms with Crippen molar-refractivity contribution in [2.45, 2.75) is 32.7 Å². The van der Waals surface area contributed by atoms with Crippen LogP contribution in [0.4, 0.5) is 5.69 Å². The third-order valence-corrected chi connectivity index (χ3v) is 2.43. The summed E-state index contributed by atoms with van der Waals surface area (Å²) in [5.74, 6) is 0.904. The summed E-state index contributed by atoms with van der Waals surface area (Å²) in [6.07, 6.45) is 2.29. The monoisotopic (exact) mass is 193 g/mol. The van der Waals surface area contributed by atoms with Crippen LogP contribution in [0.3, 0.4) is 0 Å². The second kappa shape index (κ2) is 5.53.